The first-order chi connectivity index (χ1) is 15.5. The fourth-order valence-electron chi connectivity index (χ4n) is 3.63. The number of fused-ring (bicyclic) bond motifs is 1. The maximum Gasteiger partial charge on any atom is 0.248 e. The minimum Gasteiger partial charge on any atom is -0.493 e. The number of benzene rings is 2. The van der Waals surface area contributed by atoms with Crippen molar-refractivity contribution in [3.05, 3.63) is 47.5 Å². The lowest BCUT2D eigenvalue weighted by atomic mass is 10.1. The van der Waals surface area contributed by atoms with Crippen molar-refractivity contribution in [3.63, 3.8) is 0 Å². The zero-order valence-electron chi connectivity index (χ0n) is 17.3. The Balaban J connectivity index is 1.59. The Bertz CT molecular complexity index is 1140. The first kappa shape index (κ1) is 22.0. The summed E-state index contributed by atoms with van der Waals surface area (Å²) in [6.07, 6.45) is 2.58. The number of amides is 1. The number of piperidine rings is 1. The third-order valence-corrected chi connectivity index (χ3v) is 5.62. The molecule has 1 aliphatic rings. The second-order valence-electron chi connectivity index (χ2n) is 7.35. The van der Waals surface area contributed by atoms with Gasteiger partial charge in [-0.05, 0) is 24.3 Å². The molecule has 3 aromatic rings. The molecule has 10 heteroatoms. The van der Waals surface area contributed by atoms with Gasteiger partial charge >= 0.3 is 0 Å². The number of halogens is 2. The number of likely N-dealkylation sites (tertiary alicyclic amines) is 1. The number of hydrogen-bond donors (Lipinski definition) is 2. The van der Waals surface area contributed by atoms with Crippen LogP contribution in [0.25, 0.3) is 10.9 Å². The number of rotatable bonds is 6. The van der Waals surface area contributed by atoms with Gasteiger partial charge in [0.25, 0.3) is 0 Å². The number of hydrogen-bond acceptors (Lipinski definition) is 7. The van der Waals surface area contributed by atoms with E-state index in [0.29, 0.717) is 59.8 Å². The number of methoxy groups -OCH3 is 1. The zero-order chi connectivity index (χ0) is 22.7. The number of aromatic nitrogens is 2. The quantitative estimate of drug-likeness (QED) is 0.580. The van der Waals surface area contributed by atoms with Crippen LogP contribution in [0, 0.1) is 5.82 Å². The second-order valence-corrected chi connectivity index (χ2v) is 7.76. The van der Waals surface area contributed by atoms with Gasteiger partial charge in [-0.2, -0.15) is 0 Å². The molecule has 2 N–H and O–H groups in total. The van der Waals surface area contributed by atoms with Crippen LogP contribution in [0.4, 0.5) is 15.9 Å². The third-order valence-electron chi connectivity index (χ3n) is 5.33. The van der Waals surface area contributed by atoms with E-state index in [4.69, 9.17) is 26.2 Å². The predicted molar refractivity (Wildman–Crippen MR) is 118 cm³/mol. The summed E-state index contributed by atoms with van der Waals surface area (Å²) >= 11 is 5.89. The van der Waals surface area contributed by atoms with Crippen LogP contribution in [0.2, 0.25) is 5.02 Å². The van der Waals surface area contributed by atoms with E-state index in [-0.39, 0.29) is 17.0 Å². The SMILES string of the molecule is COc1cc2ncnc(Nc3ccc(F)c(Cl)c3)c2cc1OC1CCN(C(=O)CO)CC1. The molecule has 0 radical (unpaired) electrons. The van der Waals surface area contributed by atoms with Crippen LogP contribution in [0.15, 0.2) is 36.7 Å². The average molecular weight is 461 g/mol. The van der Waals surface area contributed by atoms with E-state index in [1.165, 1.54) is 18.5 Å². The first-order valence-electron chi connectivity index (χ1n) is 10.1. The fraction of sp³-hybridized carbons (Fsp3) is 0.318. The number of carbonyl (C=O) groups is 1. The van der Waals surface area contributed by atoms with Crippen LogP contribution in [0.5, 0.6) is 11.5 Å². The molecule has 1 aliphatic heterocycles. The van der Waals surface area contributed by atoms with E-state index < -0.39 is 12.4 Å². The minimum absolute atomic E-state index is 0.00470. The Hall–Kier alpha value is -3.17. The Morgan fingerprint density at radius 3 is 2.72 bits per heavy atom. The number of anilines is 2. The largest absolute Gasteiger partial charge is 0.493 e. The van der Waals surface area contributed by atoms with Gasteiger partial charge < -0.3 is 24.8 Å². The van der Waals surface area contributed by atoms with Crippen LogP contribution in [0.1, 0.15) is 12.8 Å². The molecule has 4 rings (SSSR count). The molecule has 2 heterocycles. The van der Waals surface area contributed by atoms with Crippen molar-refractivity contribution in [2.24, 2.45) is 0 Å². The van der Waals surface area contributed by atoms with Crippen molar-refractivity contribution in [2.75, 3.05) is 32.1 Å². The molecule has 8 nitrogen and oxygen atoms in total. The summed E-state index contributed by atoms with van der Waals surface area (Å²) in [4.78, 5) is 21.9. The molecule has 168 valence electrons. The molecule has 0 atom stereocenters. The smallest absolute Gasteiger partial charge is 0.248 e. The third kappa shape index (κ3) is 4.68. The van der Waals surface area contributed by atoms with E-state index >= 15 is 0 Å². The Morgan fingerprint density at radius 2 is 2.03 bits per heavy atom. The molecule has 0 unspecified atom stereocenters. The standard InChI is InChI=1S/C22H22ClFN4O4/c1-31-19-10-18-15(9-20(19)32-14-4-6-28(7-5-14)21(30)11-29)22(26-12-25-18)27-13-2-3-17(24)16(23)8-13/h2-3,8-10,12,14,29H,4-7,11H2,1H3,(H,25,26,27). The number of nitrogens with zero attached hydrogens (tertiary/aromatic N) is 3. The summed E-state index contributed by atoms with van der Waals surface area (Å²) in [7, 11) is 1.55. The molecule has 1 aromatic heterocycles. The van der Waals surface area contributed by atoms with Crippen LogP contribution in [-0.2, 0) is 4.79 Å². The number of nitrogens with one attached hydrogen (secondary N) is 1. The van der Waals surface area contributed by atoms with Gasteiger partial charge in [0.15, 0.2) is 11.5 Å². The van der Waals surface area contributed by atoms with Crippen LogP contribution in [-0.4, -0.2) is 58.8 Å². The summed E-state index contributed by atoms with van der Waals surface area (Å²) < 4.78 is 25.2. The van der Waals surface area contributed by atoms with E-state index in [1.54, 1.807) is 30.2 Å². The molecular weight excluding hydrogens is 439 g/mol. The Morgan fingerprint density at radius 1 is 1.25 bits per heavy atom. The summed E-state index contributed by atoms with van der Waals surface area (Å²) in [5.41, 5.74) is 1.22. The van der Waals surface area contributed by atoms with Gasteiger partial charge in [-0.1, -0.05) is 11.6 Å². The molecule has 0 saturated carbocycles. The summed E-state index contributed by atoms with van der Waals surface area (Å²) in [6, 6.07) is 7.89. The van der Waals surface area contributed by atoms with E-state index in [2.05, 4.69) is 15.3 Å². The Labute approximate surface area is 188 Å². The normalized spacial score (nSPS) is 14.4. The predicted octanol–water partition coefficient (Wildman–Crippen LogP) is 3.54. The summed E-state index contributed by atoms with van der Waals surface area (Å²) in [6.45, 7) is 0.543. The van der Waals surface area contributed by atoms with Gasteiger partial charge in [0, 0.05) is 43.1 Å². The summed E-state index contributed by atoms with van der Waals surface area (Å²) in [5, 5.41) is 12.9. The van der Waals surface area contributed by atoms with Crippen molar-refractivity contribution >= 4 is 39.9 Å². The highest BCUT2D eigenvalue weighted by molar-refractivity contribution is 6.31. The van der Waals surface area contributed by atoms with Gasteiger partial charge in [0.05, 0.1) is 17.6 Å². The minimum atomic E-state index is -0.503. The van der Waals surface area contributed by atoms with Crippen molar-refractivity contribution < 1.29 is 23.8 Å². The van der Waals surface area contributed by atoms with Crippen molar-refractivity contribution in [2.45, 2.75) is 18.9 Å². The molecule has 2 aromatic carbocycles. The number of carbonyl (C=O) groups excluding carboxylic acids is 1. The second kappa shape index (κ2) is 9.54. The molecule has 0 bridgehead atoms. The van der Waals surface area contributed by atoms with E-state index in [1.807, 2.05) is 0 Å². The fourth-order valence-corrected chi connectivity index (χ4v) is 3.81. The van der Waals surface area contributed by atoms with Gasteiger partial charge in [0.2, 0.25) is 5.91 Å². The Kier molecular flexibility index (Phi) is 6.57. The molecule has 0 aliphatic carbocycles. The number of ether oxygens (including phenoxy) is 2. The highest BCUT2D eigenvalue weighted by Crippen LogP contribution is 2.36. The first-order valence-corrected chi connectivity index (χ1v) is 10.5. The molecule has 1 saturated heterocycles. The maximum absolute atomic E-state index is 13.5. The molecule has 0 spiro atoms. The van der Waals surface area contributed by atoms with Gasteiger partial charge in [-0.25, -0.2) is 14.4 Å². The lowest BCUT2D eigenvalue weighted by Gasteiger charge is -2.32. The van der Waals surface area contributed by atoms with Gasteiger partial charge in [-0.3, -0.25) is 4.79 Å². The van der Waals surface area contributed by atoms with Crippen molar-refractivity contribution in [1.82, 2.24) is 14.9 Å². The average Bonchev–Trinajstić information content (AvgIpc) is 2.81. The maximum atomic E-state index is 13.5. The number of aliphatic hydroxyl groups is 1. The highest BCUT2D eigenvalue weighted by Gasteiger charge is 2.24. The zero-order valence-corrected chi connectivity index (χ0v) is 18.1. The van der Waals surface area contributed by atoms with Crippen LogP contribution in [0.3, 0.4) is 0 Å². The van der Waals surface area contributed by atoms with Crippen LogP contribution >= 0.6 is 11.6 Å². The lowest BCUT2D eigenvalue weighted by Crippen LogP contribution is -2.42. The van der Waals surface area contributed by atoms with Crippen molar-refractivity contribution in [1.29, 1.82) is 0 Å². The molecule has 1 fully saturated rings. The highest BCUT2D eigenvalue weighted by atomic mass is 35.5. The molecular formula is C22H22ClFN4O4. The number of aliphatic hydroxyl groups excluding tert-OH is 1. The molecule has 32 heavy (non-hydrogen) atoms. The van der Waals surface area contributed by atoms with Crippen molar-refractivity contribution in [3.8, 4) is 11.5 Å². The lowest BCUT2D eigenvalue weighted by molar-refractivity contribution is -0.135. The van der Waals surface area contributed by atoms with E-state index in [0.717, 1.165) is 0 Å². The monoisotopic (exact) mass is 460 g/mol. The van der Waals surface area contributed by atoms with Gasteiger partial charge in [0.1, 0.15) is 30.7 Å². The van der Waals surface area contributed by atoms with E-state index in [9.17, 15) is 9.18 Å². The summed E-state index contributed by atoms with van der Waals surface area (Å²) in [5.74, 6) is 0.786. The van der Waals surface area contributed by atoms with Gasteiger partial charge in [-0.15, -0.1) is 0 Å². The van der Waals surface area contributed by atoms with Crippen LogP contribution < -0.4 is 14.8 Å². The molecule has 1 amide bonds. The topological polar surface area (TPSA) is 96.8 Å².